The van der Waals surface area contributed by atoms with E-state index in [4.69, 9.17) is 9.47 Å². The molecule has 0 saturated carbocycles. The van der Waals surface area contributed by atoms with E-state index in [0.29, 0.717) is 5.75 Å². The van der Waals surface area contributed by atoms with Gasteiger partial charge in [-0.05, 0) is 82.1 Å². The fourth-order valence-corrected chi connectivity index (χ4v) is 6.37. The molecule has 4 heteroatoms. The Labute approximate surface area is 229 Å². The van der Waals surface area contributed by atoms with Crippen molar-refractivity contribution in [2.24, 2.45) is 0 Å². The summed E-state index contributed by atoms with van der Waals surface area (Å²) in [5.74, 6) is 6.39. The Morgan fingerprint density at radius 3 is 1.82 bits per heavy atom. The molecule has 0 unspecified atom stereocenters. The van der Waals surface area contributed by atoms with Gasteiger partial charge in [0.25, 0.3) is 0 Å². The predicted molar refractivity (Wildman–Crippen MR) is 155 cm³/mol. The highest BCUT2D eigenvalue weighted by Crippen LogP contribution is 2.35. The lowest BCUT2D eigenvalue weighted by Crippen LogP contribution is -2.29. The van der Waals surface area contributed by atoms with Gasteiger partial charge in [-0.1, -0.05) is 65.9 Å². The summed E-state index contributed by atoms with van der Waals surface area (Å²) >= 11 is 0. The molecule has 0 radical (unpaired) electrons. The van der Waals surface area contributed by atoms with Gasteiger partial charge in [0.1, 0.15) is 5.75 Å². The molecule has 0 aliphatic carbocycles. The molecule has 0 bridgehead atoms. The van der Waals surface area contributed by atoms with Crippen molar-refractivity contribution in [1.82, 2.24) is 0 Å². The molecule has 0 N–H and O–H groups in total. The van der Waals surface area contributed by atoms with Gasteiger partial charge in [0.2, 0.25) is 0 Å². The Balaban J connectivity index is 1.48. The van der Waals surface area contributed by atoms with Crippen LogP contribution < -0.4 is 4.74 Å². The van der Waals surface area contributed by atoms with Crippen molar-refractivity contribution in [2.45, 2.75) is 54.9 Å². The summed E-state index contributed by atoms with van der Waals surface area (Å²) in [6.45, 7) is 9.46. The quantitative estimate of drug-likeness (QED) is 0.144. The van der Waals surface area contributed by atoms with Crippen molar-refractivity contribution in [2.75, 3.05) is 6.61 Å². The standard InChI is InChI=1S/C34H33O3S/c1-25-16-18-28(19-17-25)20-21-34(4,5)37-32(35)24-36-33-26(2)22-31(23-27(33)3)38(29-12-8-6-9-13-29)30-14-10-7-11-15-30/h6-19,22-23H,24H2,1-5H3/q+1. The SMILES string of the molecule is Cc1ccc(C#CC(C)(C)OC(=O)COc2c(C)cc([S+](c3ccccc3)c3ccccc3)cc2C)cc1. The van der Waals surface area contributed by atoms with E-state index < -0.39 is 11.6 Å². The summed E-state index contributed by atoms with van der Waals surface area (Å²) in [5, 5.41) is 0. The van der Waals surface area contributed by atoms with Crippen LogP contribution >= 0.6 is 0 Å². The lowest BCUT2D eigenvalue weighted by Gasteiger charge is -2.20. The van der Waals surface area contributed by atoms with Crippen LogP contribution in [0.2, 0.25) is 0 Å². The van der Waals surface area contributed by atoms with Gasteiger partial charge in [-0.3, -0.25) is 0 Å². The second-order valence-corrected chi connectivity index (χ2v) is 11.7. The van der Waals surface area contributed by atoms with Crippen LogP contribution in [0.1, 0.15) is 36.1 Å². The van der Waals surface area contributed by atoms with Crippen molar-refractivity contribution in [3.05, 3.63) is 119 Å². The van der Waals surface area contributed by atoms with Gasteiger partial charge in [-0.25, -0.2) is 4.79 Å². The Morgan fingerprint density at radius 2 is 1.29 bits per heavy atom. The number of hydrogen-bond donors (Lipinski definition) is 0. The van der Waals surface area contributed by atoms with E-state index in [9.17, 15) is 4.79 Å². The highest BCUT2D eigenvalue weighted by molar-refractivity contribution is 7.97. The first-order valence-electron chi connectivity index (χ1n) is 12.6. The lowest BCUT2D eigenvalue weighted by atomic mass is 10.1. The van der Waals surface area contributed by atoms with Gasteiger partial charge in [0, 0.05) is 17.7 Å². The molecule has 0 fully saturated rings. The Kier molecular flexibility index (Phi) is 8.61. The summed E-state index contributed by atoms with van der Waals surface area (Å²) in [7, 11) is -0.252. The maximum absolute atomic E-state index is 12.6. The number of rotatable bonds is 7. The molecule has 3 nitrogen and oxygen atoms in total. The van der Waals surface area contributed by atoms with E-state index in [1.807, 2.05) is 57.2 Å². The van der Waals surface area contributed by atoms with Gasteiger partial charge in [-0.15, -0.1) is 0 Å². The zero-order valence-corrected chi connectivity index (χ0v) is 23.4. The van der Waals surface area contributed by atoms with Crippen LogP contribution in [0.5, 0.6) is 5.75 Å². The molecular weight excluding hydrogens is 488 g/mol. The molecule has 0 saturated heterocycles. The van der Waals surface area contributed by atoms with E-state index >= 15 is 0 Å². The van der Waals surface area contributed by atoms with Crippen LogP contribution in [0, 0.1) is 32.6 Å². The summed E-state index contributed by atoms with van der Waals surface area (Å²) < 4.78 is 11.6. The summed E-state index contributed by atoms with van der Waals surface area (Å²) in [6, 6.07) is 33.3. The Morgan fingerprint density at radius 1 is 0.763 bits per heavy atom. The van der Waals surface area contributed by atoms with Crippen molar-refractivity contribution < 1.29 is 14.3 Å². The van der Waals surface area contributed by atoms with Crippen LogP contribution in [-0.2, 0) is 20.4 Å². The van der Waals surface area contributed by atoms with Gasteiger partial charge in [0.15, 0.2) is 26.9 Å². The van der Waals surface area contributed by atoms with Crippen LogP contribution in [0.3, 0.4) is 0 Å². The largest absolute Gasteiger partial charge is 0.481 e. The van der Waals surface area contributed by atoms with E-state index in [1.54, 1.807) is 13.8 Å². The van der Waals surface area contributed by atoms with Gasteiger partial charge in [0.05, 0.1) is 10.9 Å². The number of ether oxygens (including phenoxy) is 2. The van der Waals surface area contributed by atoms with Gasteiger partial charge in [-0.2, -0.15) is 0 Å². The third-order valence-corrected chi connectivity index (χ3v) is 8.08. The predicted octanol–water partition coefficient (Wildman–Crippen LogP) is 7.46. The van der Waals surface area contributed by atoms with Crippen LogP contribution in [0.15, 0.2) is 112 Å². The lowest BCUT2D eigenvalue weighted by molar-refractivity contribution is -0.154. The fraction of sp³-hybridized carbons (Fsp3) is 0.206. The minimum atomic E-state index is -0.932. The number of aryl methyl sites for hydroxylation is 3. The minimum absolute atomic E-state index is 0.181. The average molecular weight is 522 g/mol. The molecule has 0 heterocycles. The third-order valence-electron chi connectivity index (χ3n) is 5.89. The second-order valence-electron chi connectivity index (χ2n) is 9.71. The van der Waals surface area contributed by atoms with Crippen molar-refractivity contribution >= 4 is 16.9 Å². The maximum atomic E-state index is 12.6. The molecule has 0 aliphatic rings. The molecule has 38 heavy (non-hydrogen) atoms. The monoisotopic (exact) mass is 521 g/mol. The van der Waals surface area contributed by atoms with E-state index in [-0.39, 0.29) is 17.5 Å². The number of carbonyl (C=O) groups is 1. The zero-order chi connectivity index (χ0) is 27.1. The van der Waals surface area contributed by atoms with Gasteiger partial charge < -0.3 is 9.47 Å². The Bertz CT molecular complexity index is 1380. The van der Waals surface area contributed by atoms with Crippen LogP contribution in [0.25, 0.3) is 0 Å². The Hall–Kier alpha value is -3.94. The summed E-state index contributed by atoms with van der Waals surface area (Å²) in [4.78, 5) is 16.4. The topological polar surface area (TPSA) is 35.5 Å². The van der Waals surface area contributed by atoms with Crippen LogP contribution in [-0.4, -0.2) is 18.2 Å². The molecular formula is C34H33O3S+. The number of esters is 1. The first-order valence-corrected chi connectivity index (χ1v) is 13.8. The van der Waals surface area contributed by atoms with E-state index in [1.165, 1.54) is 20.2 Å². The van der Waals surface area contributed by atoms with E-state index in [2.05, 4.69) is 72.5 Å². The molecule has 4 rings (SSSR count). The van der Waals surface area contributed by atoms with Crippen LogP contribution in [0.4, 0.5) is 0 Å². The highest BCUT2D eigenvalue weighted by atomic mass is 32.2. The summed E-state index contributed by atoms with van der Waals surface area (Å²) in [5.41, 5.74) is 3.09. The highest BCUT2D eigenvalue weighted by Gasteiger charge is 2.30. The first-order chi connectivity index (χ1) is 18.2. The fourth-order valence-electron chi connectivity index (χ4n) is 4.11. The molecule has 4 aromatic rings. The average Bonchev–Trinajstić information content (AvgIpc) is 2.89. The smallest absolute Gasteiger partial charge is 0.345 e. The van der Waals surface area contributed by atoms with Crippen molar-refractivity contribution in [3.8, 4) is 17.6 Å². The molecule has 4 aromatic carbocycles. The van der Waals surface area contributed by atoms with E-state index in [0.717, 1.165) is 16.7 Å². The van der Waals surface area contributed by atoms with Gasteiger partial charge >= 0.3 is 5.97 Å². The van der Waals surface area contributed by atoms with Crippen molar-refractivity contribution in [3.63, 3.8) is 0 Å². The zero-order valence-electron chi connectivity index (χ0n) is 22.6. The molecule has 0 spiro atoms. The molecule has 0 amide bonds. The molecule has 0 aromatic heterocycles. The normalized spacial score (nSPS) is 11.0. The molecule has 0 aliphatic heterocycles. The maximum Gasteiger partial charge on any atom is 0.345 e. The second kappa shape index (κ2) is 12.1. The molecule has 192 valence electrons. The third kappa shape index (κ3) is 7.09. The number of carbonyl (C=O) groups excluding carboxylic acids is 1. The number of benzene rings is 4. The number of hydrogen-bond acceptors (Lipinski definition) is 3. The summed E-state index contributed by atoms with van der Waals surface area (Å²) in [6.07, 6.45) is 0. The molecule has 0 atom stereocenters. The minimum Gasteiger partial charge on any atom is -0.481 e. The van der Waals surface area contributed by atoms with Crippen molar-refractivity contribution in [1.29, 1.82) is 0 Å². The first kappa shape index (κ1) is 27.1.